The first-order chi connectivity index (χ1) is 14.7. The lowest BCUT2D eigenvalue weighted by Crippen LogP contribution is -2.19. The van der Waals surface area contributed by atoms with Crippen LogP contribution in [0.4, 0.5) is 16.3 Å². The molecule has 4 N–H and O–H groups in total. The Balaban J connectivity index is 1.48. The minimum absolute atomic E-state index is 0.571. The number of primary amides is 1. The van der Waals surface area contributed by atoms with Gasteiger partial charge < -0.3 is 16.4 Å². The summed E-state index contributed by atoms with van der Waals surface area (Å²) < 4.78 is 0. The lowest BCUT2D eigenvalue weighted by molar-refractivity contribution is 0.259. The Labute approximate surface area is 177 Å². The van der Waals surface area contributed by atoms with Crippen molar-refractivity contribution >= 4 is 39.1 Å². The molecule has 4 aromatic rings. The first-order valence-corrected chi connectivity index (χ1v) is 10.6. The summed E-state index contributed by atoms with van der Waals surface area (Å²) in [5, 5.41) is 7.23. The maximum Gasteiger partial charge on any atom is 0.316 e. The van der Waals surface area contributed by atoms with E-state index in [0.717, 1.165) is 40.0 Å². The van der Waals surface area contributed by atoms with Crippen molar-refractivity contribution in [1.82, 2.24) is 15.0 Å². The summed E-state index contributed by atoms with van der Waals surface area (Å²) in [4.78, 5) is 27.3. The monoisotopic (exact) mass is 416 g/mol. The van der Waals surface area contributed by atoms with Gasteiger partial charge in [0.25, 0.3) is 0 Å². The summed E-state index contributed by atoms with van der Waals surface area (Å²) in [6.45, 7) is 0.611. The summed E-state index contributed by atoms with van der Waals surface area (Å²) >= 11 is 1.78. The van der Waals surface area contributed by atoms with Gasteiger partial charge in [-0.05, 0) is 54.7 Å². The molecule has 3 heterocycles. The van der Waals surface area contributed by atoms with Crippen LogP contribution in [0.25, 0.3) is 21.6 Å². The Morgan fingerprint density at radius 2 is 2.00 bits per heavy atom. The largest absolute Gasteiger partial charge is 0.365 e. The average molecular weight is 417 g/mol. The zero-order valence-electron chi connectivity index (χ0n) is 16.2. The van der Waals surface area contributed by atoms with Crippen molar-refractivity contribution in [2.24, 2.45) is 5.73 Å². The molecule has 0 saturated carbocycles. The predicted molar refractivity (Wildman–Crippen MR) is 120 cm³/mol. The molecule has 8 heteroatoms. The molecule has 0 atom stereocenters. The highest BCUT2D eigenvalue weighted by atomic mass is 32.1. The second-order valence-corrected chi connectivity index (χ2v) is 8.30. The van der Waals surface area contributed by atoms with Gasteiger partial charge in [-0.25, -0.2) is 14.8 Å². The first-order valence-electron chi connectivity index (χ1n) is 9.79. The molecule has 0 saturated heterocycles. The number of benzene rings is 1. The molecule has 5 rings (SSSR count). The van der Waals surface area contributed by atoms with E-state index in [0.29, 0.717) is 18.1 Å². The number of aromatic nitrogens is 3. The van der Waals surface area contributed by atoms with Crippen molar-refractivity contribution in [3.8, 4) is 11.4 Å². The summed E-state index contributed by atoms with van der Waals surface area (Å²) in [5.74, 6) is 1.54. The molecule has 1 aromatic carbocycles. The number of anilines is 2. The van der Waals surface area contributed by atoms with Gasteiger partial charge >= 0.3 is 6.03 Å². The van der Waals surface area contributed by atoms with E-state index >= 15 is 0 Å². The Morgan fingerprint density at radius 1 is 1.13 bits per heavy atom. The van der Waals surface area contributed by atoms with E-state index in [1.165, 1.54) is 16.9 Å². The molecule has 7 nitrogen and oxygen atoms in total. The number of hydrogen-bond acceptors (Lipinski definition) is 6. The van der Waals surface area contributed by atoms with Crippen LogP contribution in [0.1, 0.15) is 22.4 Å². The van der Waals surface area contributed by atoms with Crippen LogP contribution >= 0.6 is 11.3 Å². The zero-order chi connectivity index (χ0) is 20.5. The summed E-state index contributed by atoms with van der Waals surface area (Å²) in [6, 6.07) is 10.9. The van der Waals surface area contributed by atoms with Gasteiger partial charge in [0.15, 0.2) is 5.82 Å². The van der Waals surface area contributed by atoms with Crippen molar-refractivity contribution in [3.63, 3.8) is 0 Å². The summed E-state index contributed by atoms with van der Waals surface area (Å²) in [5.41, 5.74) is 9.20. The van der Waals surface area contributed by atoms with Crippen molar-refractivity contribution in [2.75, 3.05) is 10.6 Å². The lowest BCUT2D eigenvalue weighted by atomic mass is 10.1. The van der Waals surface area contributed by atoms with Gasteiger partial charge in [0.2, 0.25) is 0 Å². The third kappa shape index (κ3) is 3.57. The number of thiophene rings is 1. The first kappa shape index (κ1) is 18.5. The van der Waals surface area contributed by atoms with Crippen LogP contribution in [0.2, 0.25) is 0 Å². The SMILES string of the molecule is NC(=O)Nc1ccc(CNc2nc(-c3cccnc3)nc3sc4c(c23)CCC4)cc1. The number of carbonyl (C=O) groups excluding carboxylic acids is 1. The number of carbonyl (C=O) groups is 1. The third-order valence-corrected chi connectivity index (χ3v) is 6.35. The number of aryl methyl sites for hydroxylation is 2. The maximum atomic E-state index is 11.0. The summed E-state index contributed by atoms with van der Waals surface area (Å²) in [7, 11) is 0. The Hall–Kier alpha value is -3.52. The highest BCUT2D eigenvalue weighted by Gasteiger charge is 2.22. The molecule has 30 heavy (non-hydrogen) atoms. The fraction of sp³-hybridized carbons (Fsp3) is 0.182. The molecule has 0 radical (unpaired) electrons. The van der Waals surface area contributed by atoms with Crippen molar-refractivity contribution < 1.29 is 4.79 Å². The number of pyridine rings is 1. The Bertz CT molecular complexity index is 1220. The van der Waals surface area contributed by atoms with Crippen molar-refractivity contribution in [1.29, 1.82) is 0 Å². The number of nitrogens with one attached hydrogen (secondary N) is 2. The fourth-order valence-corrected chi connectivity index (χ4v) is 5.04. The van der Waals surface area contributed by atoms with Gasteiger partial charge in [0, 0.05) is 35.1 Å². The highest BCUT2D eigenvalue weighted by Crippen LogP contribution is 2.40. The normalized spacial score (nSPS) is 12.7. The molecule has 0 fully saturated rings. The molecule has 0 unspecified atom stereocenters. The van der Waals surface area contributed by atoms with E-state index in [1.54, 1.807) is 23.7 Å². The number of rotatable bonds is 5. The van der Waals surface area contributed by atoms with Crippen molar-refractivity contribution in [3.05, 3.63) is 64.8 Å². The minimum Gasteiger partial charge on any atom is -0.365 e. The second kappa shape index (κ2) is 7.72. The molecule has 2 amide bonds. The van der Waals surface area contributed by atoms with E-state index in [2.05, 4.69) is 15.6 Å². The van der Waals surface area contributed by atoms with Gasteiger partial charge in [-0.3, -0.25) is 4.98 Å². The topological polar surface area (TPSA) is 106 Å². The number of amides is 2. The number of urea groups is 1. The van der Waals surface area contributed by atoms with E-state index in [4.69, 9.17) is 15.7 Å². The second-order valence-electron chi connectivity index (χ2n) is 7.21. The maximum absolute atomic E-state index is 11.0. The molecule has 1 aliphatic carbocycles. The highest BCUT2D eigenvalue weighted by molar-refractivity contribution is 7.19. The summed E-state index contributed by atoms with van der Waals surface area (Å²) in [6.07, 6.45) is 6.92. The Morgan fingerprint density at radius 3 is 2.77 bits per heavy atom. The molecule has 150 valence electrons. The van der Waals surface area contributed by atoms with Crippen molar-refractivity contribution in [2.45, 2.75) is 25.8 Å². The molecule has 3 aromatic heterocycles. The van der Waals surface area contributed by atoms with Gasteiger partial charge in [0.1, 0.15) is 10.6 Å². The van der Waals surface area contributed by atoms with E-state index in [-0.39, 0.29) is 0 Å². The minimum atomic E-state index is -0.571. The van der Waals surface area contributed by atoms with Crippen LogP contribution in [0.3, 0.4) is 0 Å². The molecule has 0 spiro atoms. The predicted octanol–water partition coefficient (Wildman–Crippen LogP) is 4.34. The van der Waals surface area contributed by atoms with Gasteiger partial charge in [-0.15, -0.1) is 11.3 Å². The van der Waals surface area contributed by atoms with Crippen LogP contribution in [0.5, 0.6) is 0 Å². The van der Waals surface area contributed by atoms with E-state index in [1.807, 2.05) is 36.4 Å². The van der Waals surface area contributed by atoms with Crippen LogP contribution in [0, 0.1) is 0 Å². The van der Waals surface area contributed by atoms with Crippen LogP contribution < -0.4 is 16.4 Å². The Kier molecular flexibility index (Phi) is 4.76. The molecular formula is C22H20N6OS. The zero-order valence-corrected chi connectivity index (χ0v) is 17.0. The fourth-order valence-electron chi connectivity index (χ4n) is 3.78. The van der Waals surface area contributed by atoms with E-state index < -0.39 is 6.03 Å². The van der Waals surface area contributed by atoms with Gasteiger partial charge in [-0.2, -0.15) is 0 Å². The molecular weight excluding hydrogens is 396 g/mol. The number of hydrogen-bond donors (Lipinski definition) is 3. The van der Waals surface area contributed by atoms with E-state index in [9.17, 15) is 4.79 Å². The van der Waals surface area contributed by atoms with Crippen LogP contribution in [-0.2, 0) is 19.4 Å². The third-order valence-electron chi connectivity index (χ3n) is 5.17. The van der Waals surface area contributed by atoms with Gasteiger partial charge in [0.05, 0.1) is 5.39 Å². The van der Waals surface area contributed by atoms with Crippen LogP contribution in [0.15, 0.2) is 48.8 Å². The standard InChI is InChI=1S/C22H20N6OS/c23-22(29)26-15-8-6-13(7-9-15)11-25-20-18-16-4-1-5-17(16)30-21(18)28-19(27-20)14-3-2-10-24-12-14/h2-3,6-10,12H,1,4-5,11H2,(H3,23,26,29)(H,25,27,28). The number of fused-ring (bicyclic) bond motifs is 3. The average Bonchev–Trinajstić information content (AvgIpc) is 3.34. The van der Waals surface area contributed by atoms with Gasteiger partial charge in [-0.1, -0.05) is 12.1 Å². The molecule has 1 aliphatic rings. The lowest BCUT2D eigenvalue weighted by Gasteiger charge is -2.11. The molecule has 0 aliphatic heterocycles. The quantitative estimate of drug-likeness (QED) is 0.449. The molecule has 0 bridgehead atoms. The number of nitrogens with zero attached hydrogens (tertiary/aromatic N) is 3. The number of nitrogens with two attached hydrogens (primary N) is 1. The van der Waals surface area contributed by atoms with Crippen LogP contribution in [-0.4, -0.2) is 21.0 Å². The smallest absolute Gasteiger partial charge is 0.316 e.